The summed E-state index contributed by atoms with van der Waals surface area (Å²) >= 11 is 0. The van der Waals surface area contributed by atoms with E-state index >= 15 is 0 Å². The average Bonchev–Trinajstić information content (AvgIpc) is 3.54. The van der Waals surface area contributed by atoms with E-state index in [1.54, 1.807) is 17.8 Å². The normalized spacial score (nSPS) is 17.0. The van der Waals surface area contributed by atoms with E-state index in [4.69, 9.17) is 4.74 Å². The molecule has 0 spiro atoms. The number of ether oxygens (including phenoxy) is 1. The summed E-state index contributed by atoms with van der Waals surface area (Å²) in [5.41, 5.74) is 3.79. The fourth-order valence-corrected chi connectivity index (χ4v) is 5.00. The highest BCUT2D eigenvalue weighted by molar-refractivity contribution is 6.00. The molecule has 2 saturated heterocycles. The van der Waals surface area contributed by atoms with Gasteiger partial charge in [0.05, 0.1) is 30.8 Å². The number of hydrogen-bond donors (Lipinski definition) is 0. The molecule has 5 rings (SSSR count). The van der Waals surface area contributed by atoms with Crippen LogP contribution in [0.2, 0.25) is 0 Å². The molecule has 0 radical (unpaired) electrons. The van der Waals surface area contributed by atoms with Crippen LogP contribution in [0.3, 0.4) is 0 Å². The van der Waals surface area contributed by atoms with Gasteiger partial charge in [-0.1, -0.05) is 12.1 Å². The van der Waals surface area contributed by atoms with Crippen LogP contribution in [0.4, 0.5) is 0 Å². The second-order valence-corrected chi connectivity index (χ2v) is 9.03. The Morgan fingerprint density at radius 2 is 1.73 bits per heavy atom. The van der Waals surface area contributed by atoms with Crippen LogP contribution in [-0.4, -0.2) is 64.5 Å². The first-order valence-corrected chi connectivity index (χ1v) is 11.8. The van der Waals surface area contributed by atoms with Gasteiger partial charge in [-0.05, 0) is 67.0 Å². The van der Waals surface area contributed by atoms with Crippen LogP contribution < -0.4 is 4.74 Å². The SMILES string of the molecule is COc1ccc(CC(=O)N2CCC(c3ccn4ncc(C(=O)N5CCCC5)c4c3)CC2)cc1. The monoisotopic (exact) mass is 446 g/mol. The first-order valence-electron chi connectivity index (χ1n) is 11.8. The summed E-state index contributed by atoms with van der Waals surface area (Å²) < 4.78 is 6.98. The Hall–Kier alpha value is -3.35. The van der Waals surface area contributed by atoms with Crippen LogP contribution in [0, 0.1) is 0 Å². The lowest BCUT2D eigenvalue weighted by Gasteiger charge is -2.32. The lowest BCUT2D eigenvalue weighted by Crippen LogP contribution is -2.38. The number of nitrogens with zero attached hydrogens (tertiary/aromatic N) is 4. The van der Waals surface area contributed by atoms with E-state index in [0.717, 1.165) is 68.7 Å². The number of fused-ring (bicyclic) bond motifs is 1. The number of carbonyl (C=O) groups is 2. The molecule has 0 N–H and O–H groups in total. The molecular formula is C26H30N4O3. The molecule has 0 saturated carbocycles. The summed E-state index contributed by atoms with van der Waals surface area (Å²) in [5, 5.41) is 4.39. The van der Waals surface area contributed by atoms with Crippen LogP contribution in [0.15, 0.2) is 48.8 Å². The zero-order valence-corrected chi connectivity index (χ0v) is 19.1. The standard InChI is InChI=1S/C26H30N4O3/c1-33-22-6-4-19(5-7-22)16-25(31)28-13-8-20(9-14-28)21-10-15-30-24(17-21)23(18-27-30)26(32)29-11-2-3-12-29/h4-7,10,15,17-18,20H,2-3,8-9,11-14,16H2,1H3. The van der Waals surface area contributed by atoms with Crippen molar-refractivity contribution in [3.05, 3.63) is 65.5 Å². The highest BCUT2D eigenvalue weighted by atomic mass is 16.5. The van der Waals surface area contributed by atoms with E-state index < -0.39 is 0 Å². The van der Waals surface area contributed by atoms with Gasteiger partial charge in [0.15, 0.2) is 0 Å². The van der Waals surface area contributed by atoms with Gasteiger partial charge in [-0.2, -0.15) is 5.10 Å². The fourth-order valence-electron chi connectivity index (χ4n) is 5.00. The van der Waals surface area contributed by atoms with Crippen LogP contribution in [-0.2, 0) is 11.2 Å². The van der Waals surface area contributed by atoms with E-state index in [1.165, 1.54) is 5.56 Å². The van der Waals surface area contributed by atoms with Crippen LogP contribution in [0.25, 0.3) is 5.52 Å². The van der Waals surface area contributed by atoms with Gasteiger partial charge >= 0.3 is 0 Å². The lowest BCUT2D eigenvalue weighted by molar-refractivity contribution is -0.131. The average molecular weight is 447 g/mol. The van der Waals surface area contributed by atoms with Crippen molar-refractivity contribution >= 4 is 17.3 Å². The quantitative estimate of drug-likeness (QED) is 0.601. The molecule has 4 heterocycles. The number of amides is 2. The number of piperidine rings is 1. The van der Waals surface area contributed by atoms with Gasteiger partial charge in [-0.25, -0.2) is 4.52 Å². The number of methoxy groups -OCH3 is 1. The van der Waals surface area contributed by atoms with E-state index in [0.29, 0.717) is 17.9 Å². The van der Waals surface area contributed by atoms with Crippen molar-refractivity contribution in [3.63, 3.8) is 0 Å². The predicted molar refractivity (Wildman–Crippen MR) is 126 cm³/mol. The molecule has 33 heavy (non-hydrogen) atoms. The maximum absolute atomic E-state index is 12.9. The summed E-state index contributed by atoms with van der Waals surface area (Å²) in [6.07, 6.45) is 8.06. The van der Waals surface area contributed by atoms with Crippen molar-refractivity contribution in [3.8, 4) is 5.75 Å². The molecular weight excluding hydrogens is 416 g/mol. The number of pyridine rings is 1. The fraction of sp³-hybridized carbons (Fsp3) is 0.423. The molecule has 172 valence electrons. The summed E-state index contributed by atoms with van der Waals surface area (Å²) in [6.45, 7) is 3.17. The maximum Gasteiger partial charge on any atom is 0.257 e. The van der Waals surface area contributed by atoms with Gasteiger partial charge < -0.3 is 14.5 Å². The zero-order chi connectivity index (χ0) is 22.8. The molecule has 0 atom stereocenters. The van der Waals surface area contributed by atoms with Gasteiger partial charge in [-0.3, -0.25) is 9.59 Å². The van der Waals surface area contributed by atoms with Crippen LogP contribution >= 0.6 is 0 Å². The highest BCUT2D eigenvalue weighted by Crippen LogP contribution is 2.30. The third-order valence-electron chi connectivity index (χ3n) is 7.00. The van der Waals surface area contributed by atoms with Gasteiger partial charge in [-0.15, -0.1) is 0 Å². The molecule has 2 aliphatic heterocycles. The summed E-state index contributed by atoms with van der Waals surface area (Å²) in [7, 11) is 1.64. The van der Waals surface area contributed by atoms with Crippen molar-refractivity contribution in [1.82, 2.24) is 19.4 Å². The molecule has 3 aromatic rings. The highest BCUT2D eigenvalue weighted by Gasteiger charge is 2.26. The minimum Gasteiger partial charge on any atom is -0.497 e. The molecule has 7 heteroatoms. The summed E-state index contributed by atoms with van der Waals surface area (Å²) in [5.74, 6) is 1.43. The minimum absolute atomic E-state index is 0.0820. The number of carbonyl (C=O) groups excluding carboxylic acids is 2. The minimum atomic E-state index is 0.0820. The van der Waals surface area contributed by atoms with Crippen molar-refractivity contribution < 1.29 is 14.3 Å². The predicted octanol–water partition coefficient (Wildman–Crippen LogP) is 3.53. The Balaban J connectivity index is 1.23. The number of benzene rings is 1. The largest absolute Gasteiger partial charge is 0.497 e. The Bertz CT molecular complexity index is 1140. The van der Waals surface area contributed by atoms with Crippen molar-refractivity contribution in [2.45, 2.75) is 38.0 Å². The Kier molecular flexibility index (Phi) is 6.03. The third kappa shape index (κ3) is 4.45. The van der Waals surface area contributed by atoms with Gasteiger partial charge in [0, 0.05) is 32.4 Å². The summed E-state index contributed by atoms with van der Waals surface area (Å²) in [4.78, 5) is 29.6. The second kappa shape index (κ2) is 9.25. The van der Waals surface area contributed by atoms with Gasteiger partial charge in [0.25, 0.3) is 5.91 Å². The van der Waals surface area contributed by atoms with E-state index in [-0.39, 0.29) is 11.8 Å². The summed E-state index contributed by atoms with van der Waals surface area (Å²) in [6, 6.07) is 11.9. The van der Waals surface area contributed by atoms with Crippen molar-refractivity contribution in [2.24, 2.45) is 0 Å². The molecule has 2 amide bonds. The van der Waals surface area contributed by atoms with Gasteiger partial charge in [0.1, 0.15) is 5.75 Å². The smallest absolute Gasteiger partial charge is 0.257 e. The van der Waals surface area contributed by atoms with E-state index in [2.05, 4.69) is 17.2 Å². The zero-order valence-electron chi connectivity index (χ0n) is 19.1. The number of rotatable bonds is 5. The number of aromatic nitrogens is 2. The maximum atomic E-state index is 12.9. The molecule has 2 aliphatic rings. The second-order valence-electron chi connectivity index (χ2n) is 9.03. The first-order chi connectivity index (χ1) is 16.1. The molecule has 0 unspecified atom stereocenters. The molecule has 2 fully saturated rings. The van der Waals surface area contributed by atoms with E-state index in [9.17, 15) is 9.59 Å². The third-order valence-corrected chi connectivity index (χ3v) is 7.00. The molecule has 1 aromatic carbocycles. The van der Waals surface area contributed by atoms with Crippen LogP contribution in [0.1, 0.15) is 53.1 Å². The van der Waals surface area contributed by atoms with Crippen molar-refractivity contribution in [2.75, 3.05) is 33.3 Å². The number of likely N-dealkylation sites (tertiary alicyclic amines) is 2. The Morgan fingerprint density at radius 3 is 2.42 bits per heavy atom. The Labute approximate surface area is 193 Å². The Morgan fingerprint density at radius 1 is 1.00 bits per heavy atom. The molecule has 2 aromatic heterocycles. The molecule has 0 bridgehead atoms. The first kappa shape index (κ1) is 21.5. The van der Waals surface area contributed by atoms with Crippen molar-refractivity contribution in [1.29, 1.82) is 0 Å². The molecule has 0 aliphatic carbocycles. The lowest BCUT2D eigenvalue weighted by atomic mass is 9.89. The molecule has 7 nitrogen and oxygen atoms in total. The van der Waals surface area contributed by atoms with Gasteiger partial charge in [0.2, 0.25) is 5.91 Å². The van der Waals surface area contributed by atoms with E-state index in [1.807, 2.05) is 40.3 Å². The topological polar surface area (TPSA) is 67.2 Å². The van der Waals surface area contributed by atoms with Crippen LogP contribution in [0.5, 0.6) is 5.75 Å². The number of hydrogen-bond acceptors (Lipinski definition) is 4.